The number of aromatic nitrogens is 3. The number of aldehydes is 1. The van der Waals surface area contributed by atoms with E-state index in [2.05, 4.69) is 10.1 Å². The summed E-state index contributed by atoms with van der Waals surface area (Å²) in [6.45, 7) is 1.85. The first-order valence-electron chi connectivity index (χ1n) is 5.75. The van der Waals surface area contributed by atoms with E-state index in [0.717, 1.165) is 11.8 Å². The Morgan fingerprint density at radius 2 is 2.16 bits per heavy atom. The Kier molecular flexibility index (Phi) is 2.59. The fourth-order valence-corrected chi connectivity index (χ4v) is 1.99. The van der Waals surface area contributed by atoms with E-state index < -0.39 is 0 Å². The first-order chi connectivity index (χ1) is 9.17. The van der Waals surface area contributed by atoms with Crippen molar-refractivity contribution in [3.05, 3.63) is 53.5 Å². The Labute approximate surface area is 108 Å². The minimum Gasteiger partial charge on any atom is -0.298 e. The minimum atomic E-state index is -0.332. The van der Waals surface area contributed by atoms with Crippen LogP contribution in [0.4, 0.5) is 4.39 Å². The maximum Gasteiger partial charge on any atom is 0.182 e. The predicted octanol–water partition coefficient (Wildman–Crippen LogP) is 2.66. The first kappa shape index (κ1) is 11.5. The third kappa shape index (κ3) is 1.99. The molecule has 0 aliphatic rings. The highest BCUT2D eigenvalue weighted by atomic mass is 19.1. The molecule has 0 amide bonds. The Morgan fingerprint density at radius 1 is 1.32 bits per heavy atom. The van der Waals surface area contributed by atoms with Crippen molar-refractivity contribution in [1.82, 2.24) is 14.6 Å². The smallest absolute Gasteiger partial charge is 0.182 e. The number of rotatable bonds is 2. The van der Waals surface area contributed by atoms with Crippen LogP contribution in [0.5, 0.6) is 0 Å². The van der Waals surface area contributed by atoms with Crippen LogP contribution >= 0.6 is 0 Å². The van der Waals surface area contributed by atoms with Crippen LogP contribution in [0.1, 0.15) is 15.9 Å². The molecular weight excluding hydrogens is 245 g/mol. The molecule has 2 aromatic heterocycles. The van der Waals surface area contributed by atoms with E-state index >= 15 is 0 Å². The van der Waals surface area contributed by atoms with Crippen LogP contribution < -0.4 is 0 Å². The van der Waals surface area contributed by atoms with E-state index in [-0.39, 0.29) is 5.82 Å². The van der Waals surface area contributed by atoms with Crippen molar-refractivity contribution in [3.63, 3.8) is 0 Å². The summed E-state index contributed by atoms with van der Waals surface area (Å²) in [5.74, 6) is 0.104. The third-order valence-electron chi connectivity index (χ3n) is 2.86. The zero-order chi connectivity index (χ0) is 13.4. The molecule has 5 heteroatoms. The van der Waals surface area contributed by atoms with Crippen LogP contribution in [0.15, 0.2) is 36.5 Å². The van der Waals surface area contributed by atoms with Crippen LogP contribution in [-0.2, 0) is 0 Å². The summed E-state index contributed by atoms with van der Waals surface area (Å²) in [6.07, 6.45) is 2.36. The molecule has 0 saturated heterocycles. The lowest BCUT2D eigenvalue weighted by molar-refractivity contribution is 0.112. The highest BCUT2D eigenvalue weighted by Gasteiger charge is 2.09. The average Bonchev–Trinajstić information content (AvgIpc) is 2.83. The molecule has 0 atom stereocenters. The maximum atomic E-state index is 13.2. The number of halogens is 1. The number of carbonyl (C=O) groups is 1. The minimum absolute atomic E-state index is 0.332. The molecular formula is C14H10FN3O. The van der Waals surface area contributed by atoms with E-state index in [1.807, 2.05) is 6.92 Å². The lowest BCUT2D eigenvalue weighted by atomic mass is 10.2. The highest BCUT2D eigenvalue weighted by Crippen LogP contribution is 2.19. The van der Waals surface area contributed by atoms with Crippen LogP contribution in [0.2, 0.25) is 0 Å². The number of carbonyl (C=O) groups excluding carboxylic acids is 1. The molecule has 0 aliphatic carbocycles. The molecule has 94 valence electrons. The summed E-state index contributed by atoms with van der Waals surface area (Å²) in [5, 5.41) is 4.27. The topological polar surface area (TPSA) is 47.3 Å². The molecule has 0 aliphatic heterocycles. The number of aryl methyl sites for hydroxylation is 1. The van der Waals surface area contributed by atoms with Gasteiger partial charge in [-0.1, -0.05) is 12.1 Å². The number of nitrogens with zero attached hydrogens (tertiary/aromatic N) is 3. The van der Waals surface area contributed by atoms with E-state index in [0.29, 0.717) is 22.6 Å². The summed E-state index contributed by atoms with van der Waals surface area (Å²) in [4.78, 5) is 15.2. The Morgan fingerprint density at radius 3 is 2.89 bits per heavy atom. The number of pyridine rings is 1. The molecule has 0 spiro atoms. The summed E-state index contributed by atoms with van der Waals surface area (Å²) in [5.41, 5.74) is 2.64. The van der Waals surface area contributed by atoms with Crippen molar-refractivity contribution in [2.24, 2.45) is 0 Å². The van der Waals surface area contributed by atoms with Crippen LogP contribution in [0.25, 0.3) is 17.0 Å². The van der Waals surface area contributed by atoms with Gasteiger partial charge in [-0.05, 0) is 30.7 Å². The van der Waals surface area contributed by atoms with Gasteiger partial charge in [0.05, 0.1) is 0 Å². The van der Waals surface area contributed by atoms with E-state index in [9.17, 15) is 9.18 Å². The first-order valence-corrected chi connectivity index (χ1v) is 5.75. The molecule has 0 saturated carbocycles. The van der Waals surface area contributed by atoms with Gasteiger partial charge in [0.1, 0.15) is 5.82 Å². The summed E-state index contributed by atoms with van der Waals surface area (Å²) >= 11 is 0. The maximum absolute atomic E-state index is 13.2. The monoisotopic (exact) mass is 255 g/mol. The number of hydrogen-bond donors (Lipinski definition) is 0. The Bertz CT molecular complexity index is 779. The van der Waals surface area contributed by atoms with E-state index in [4.69, 9.17) is 0 Å². The van der Waals surface area contributed by atoms with Crippen molar-refractivity contribution in [1.29, 1.82) is 0 Å². The molecule has 3 aromatic rings. The van der Waals surface area contributed by atoms with Gasteiger partial charge in [-0.15, -0.1) is 5.10 Å². The fourth-order valence-electron chi connectivity index (χ4n) is 1.99. The molecule has 3 rings (SSSR count). The summed E-state index contributed by atoms with van der Waals surface area (Å²) in [7, 11) is 0. The average molecular weight is 255 g/mol. The van der Waals surface area contributed by atoms with Crippen LogP contribution in [-0.4, -0.2) is 20.9 Å². The number of benzene rings is 1. The molecule has 19 heavy (non-hydrogen) atoms. The van der Waals surface area contributed by atoms with Crippen molar-refractivity contribution in [2.75, 3.05) is 0 Å². The van der Waals surface area contributed by atoms with Gasteiger partial charge in [-0.25, -0.2) is 13.9 Å². The van der Waals surface area contributed by atoms with Crippen molar-refractivity contribution < 1.29 is 9.18 Å². The number of fused-ring (bicyclic) bond motifs is 1. The quantitative estimate of drug-likeness (QED) is 0.661. The molecule has 0 fully saturated rings. The zero-order valence-corrected chi connectivity index (χ0v) is 10.2. The molecule has 0 N–H and O–H groups in total. The number of hydrogen-bond acceptors (Lipinski definition) is 3. The van der Waals surface area contributed by atoms with Crippen LogP contribution in [0.3, 0.4) is 0 Å². The Hall–Kier alpha value is -2.56. The molecule has 0 bridgehead atoms. The summed E-state index contributed by atoms with van der Waals surface area (Å²) < 4.78 is 14.7. The second-order valence-electron chi connectivity index (χ2n) is 4.29. The van der Waals surface area contributed by atoms with Crippen molar-refractivity contribution >= 4 is 11.9 Å². The molecule has 4 nitrogen and oxygen atoms in total. The fraction of sp³-hybridized carbons (Fsp3) is 0.0714. The Balaban J connectivity index is 2.21. The van der Waals surface area contributed by atoms with Gasteiger partial charge in [0.2, 0.25) is 0 Å². The van der Waals surface area contributed by atoms with Crippen LogP contribution in [0, 0.1) is 12.7 Å². The van der Waals surface area contributed by atoms with Gasteiger partial charge in [-0.3, -0.25) is 4.79 Å². The predicted molar refractivity (Wildman–Crippen MR) is 68.5 cm³/mol. The van der Waals surface area contributed by atoms with Gasteiger partial charge in [0.25, 0.3) is 0 Å². The van der Waals surface area contributed by atoms with Gasteiger partial charge in [0, 0.05) is 17.3 Å². The molecule has 1 aromatic carbocycles. The van der Waals surface area contributed by atoms with Crippen molar-refractivity contribution in [2.45, 2.75) is 6.92 Å². The normalized spacial score (nSPS) is 10.8. The van der Waals surface area contributed by atoms with Gasteiger partial charge in [-0.2, -0.15) is 0 Å². The largest absolute Gasteiger partial charge is 0.298 e. The summed E-state index contributed by atoms with van der Waals surface area (Å²) in [6, 6.07) is 7.85. The second kappa shape index (κ2) is 4.28. The SMILES string of the molecule is Cc1cc(C=O)cn2nc(-c3cccc(F)c3)nc12. The second-order valence-corrected chi connectivity index (χ2v) is 4.29. The van der Waals surface area contributed by atoms with Crippen molar-refractivity contribution in [3.8, 4) is 11.4 Å². The lowest BCUT2D eigenvalue weighted by Crippen LogP contribution is -1.93. The standard InChI is InChI=1S/C14H10FN3O/c1-9-5-10(8-19)7-18-14(9)16-13(17-18)11-3-2-4-12(15)6-11/h2-8H,1H3. The highest BCUT2D eigenvalue weighted by molar-refractivity contribution is 5.76. The molecule has 2 heterocycles. The van der Waals surface area contributed by atoms with Gasteiger partial charge >= 0.3 is 0 Å². The van der Waals surface area contributed by atoms with E-state index in [1.54, 1.807) is 28.9 Å². The van der Waals surface area contributed by atoms with Gasteiger partial charge in [0.15, 0.2) is 17.8 Å². The van der Waals surface area contributed by atoms with Gasteiger partial charge < -0.3 is 0 Å². The zero-order valence-electron chi connectivity index (χ0n) is 10.2. The third-order valence-corrected chi connectivity index (χ3v) is 2.86. The molecule has 0 radical (unpaired) electrons. The van der Waals surface area contributed by atoms with E-state index in [1.165, 1.54) is 12.1 Å². The lowest BCUT2D eigenvalue weighted by Gasteiger charge is -1.96. The molecule has 0 unspecified atom stereocenters.